The molecular formula is C18H34Cl2N4O2. The van der Waals surface area contributed by atoms with E-state index in [1.165, 1.54) is 12.8 Å². The summed E-state index contributed by atoms with van der Waals surface area (Å²) in [5.74, 6) is 0.181. The van der Waals surface area contributed by atoms with Crippen LogP contribution in [0, 0.1) is 5.92 Å². The summed E-state index contributed by atoms with van der Waals surface area (Å²) in [4.78, 5) is 31.5. The second-order valence-electron chi connectivity index (χ2n) is 7.55. The van der Waals surface area contributed by atoms with Crippen molar-refractivity contribution in [2.75, 3.05) is 46.3 Å². The molecule has 3 saturated heterocycles. The van der Waals surface area contributed by atoms with Gasteiger partial charge in [0.1, 0.15) is 0 Å². The number of carbonyl (C=O) groups is 2. The van der Waals surface area contributed by atoms with Crippen LogP contribution in [-0.4, -0.2) is 84.9 Å². The van der Waals surface area contributed by atoms with Crippen molar-refractivity contribution in [1.29, 1.82) is 0 Å². The maximum atomic E-state index is 12.8. The van der Waals surface area contributed by atoms with Crippen molar-refractivity contribution in [1.82, 2.24) is 20.0 Å². The largest absolute Gasteiger partial charge is 0.342 e. The smallest absolute Gasteiger partial charge is 0.227 e. The van der Waals surface area contributed by atoms with Gasteiger partial charge in [-0.3, -0.25) is 14.5 Å². The summed E-state index contributed by atoms with van der Waals surface area (Å²) in [6.07, 6.45) is 4.82. The summed E-state index contributed by atoms with van der Waals surface area (Å²) >= 11 is 0. The monoisotopic (exact) mass is 408 g/mol. The molecule has 152 valence electrons. The Morgan fingerprint density at radius 3 is 2.58 bits per heavy atom. The van der Waals surface area contributed by atoms with Crippen molar-refractivity contribution >= 4 is 36.6 Å². The van der Waals surface area contributed by atoms with Crippen molar-refractivity contribution < 1.29 is 9.59 Å². The van der Waals surface area contributed by atoms with Crippen LogP contribution in [0.25, 0.3) is 0 Å². The van der Waals surface area contributed by atoms with Crippen LogP contribution in [-0.2, 0) is 9.59 Å². The zero-order chi connectivity index (χ0) is 17.1. The number of nitrogens with zero attached hydrogens (tertiary/aromatic N) is 3. The van der Waals surface area contributed by atoms with E-state index in [1.54, 1.807) is 0 Å². The minimum Gasteiger partial charge on any atom is -0.342 e. The molecule has 0 aromatic heterocycles. The Hall–Kier alpha value is -0.560. The number of hydrogen-bond acceptors (Lipinski definition) is 4. The first-order chi connectivity index (χ1) is 11.6. The van der Waals surface area contributed by atoms with Gasteiger partial charge >= 0.3 is 0 Å². The van der Waals surface area contributed by atoms with E-state index >= 15 is 0 Å². The van der Waals surface area contributed by atoms with Gasteiger partial charge in [-0.1, -0.05) is 6.92 Å². The molecule has 3 aliphatic rings. The van der Waals surface area contributed by atoms with Gasteiger partial charge in [0.25, 0.3) is 0 Å². The van der Waals surface area contributed by atoms with Crippen molar-refractivity contribution in [3.63, 3.8) is 0 Å². The fourth-order valence-corrected chi connectivity index (χ4v) is 4.55. The first kappa shape index (κ1) is 23.5. The molecule has 0 saturated carbocycles. The highest BCUT2D eigenvalue weighted by Crippen LogP contribution is 2.25. The second-order valence-corrected chi connectivity index (χ2v) is 7.55. The fourth-order valence-electron chi connectivity index (χ4n) is 4.55. The highest BCUT2D eigenvalue weighted by Gasteiger charge is 2.39. The average molecular weight is 409 g/mol. The molecule has 0 aromatic carbocycles. The number of likely N-dealkylation sites (N-methyl/N-ethyl adjacent to an activating group) is 1. The molecule has 0 aliphatic carbocycles. The molecule has 3 fully saturated rings. The average Bonchev–Trinajstić information content (AvgIpc) is 3.21. The van der Waals surface area contributed by atoms with Gasteiger partial charge in [-0.2, -0.15) is 0 Å². The van der Waals surface area contributed by atoms with E-state index in [1.807, 2.05) is 16.8 Å². The molecular weight excluding hydrogens is 375 g/mol. The normalized spacial score (nSPS) is 27.2. The number of rotatable bonds is 5. The Morgan fingerprint density at radius 1 is 1.23 bits per heavy atom. The quantitative estimate of drug-likeness (QED) is 0.746. The lowest BCUT2D eigenvalue weighted by molar-refractivity contribution is -0.137. The Balaban J connectivity index is 0.00000169. The first-order valence-corrected chi connectivity index (χ1v) is 9.59. The molecule has 26 heavy (non-hydrogen) atoms. The summed E-state index contributed by atoms with van der Waals surface area (Å²) in [5.41, 5.74) is 0. The van der Waals surface area contributed by atoms with Crippen molar-refractivity contribution in [3.8, 4) is 0 Å². The van der Waals surface area contributed by atoms with Crippen molar-refractivity contribution in [2.24, 2.45) is 5.92 Å². The second kappa shape index (κ2) is 10.7. The maximum absolute atomic E-state index is 12.8. The van der Waals surface area contributed by atoms with E-state index in [4.69, 9.17) is 0 Å². The summed E-state index contributed by atoms with van der Waals surface area (Å²) in [7, 11) is 1.92. The number of piperidine rings is 1. The van der Waals surface area contributed by atoms with Gasteiger partial charge in [0.2, 0.25) is 11.8 Å². The molecule has 2 amide bonds. The van der Waals surface area contributed by atoms with Gasteiger partial charge in [-0.05, 0) is 51.9 Å². The third-order valence-corrected chi connectivity index (χ3v) is 6.10. The van der Waals surface area contributed by atoms with Gasteiger partial charge in [0.15, 0.2) is 0 Å². The van der Waals surface area contributed by atoms with Gasteiger partial charge in [-0.15, -0.1) is 24.8 Å². The van der Waals surface area contributed by atoms with Crippen LogP contribution in [0.3, 0.4) is 0 Å². The predicted octanol–water partition coefficient (Wildman–Crippen LogP) is 1.37. The van der Waals surface area contributed by atoms with E-state index in [9.17, 15) is 9.59 Å². The molecule has 0 aromatic rings. The first-order valence-electron chi connectivity index (χ1n) is 9.59. The van der Waals surface area contributed by atoms with Crippen LogP contribution in [0.2, 0.25) is 0 Å². The van der Waals surface area contributed by atoms with Crippen LogP contribution in [0.15, 0.2) is 0 Å². The third-order valence-electron chi connectivity index (χ3n) is 6.10. The van der Waals surface area contributed by atoms with Gasteiger partial charge in [0.05, 0.1) is 5.92 Å². The standard InChI is InChI=1S/C18H32N4O2.2ClH/c1-3-21-10-4-5-16(21)13-22-12-14(11-17(22)23)18(24)20(2)15-6-8-19-9-7-15;;/h14-16,19H,3-13H2,1-2H3;2*1H. The SMILES string of the molecule is CCN1CCCC1CN1CC(C(=O)N(C)C2CCNCC2)CC1=O.Cl.Cl. The molecule has 2 atom stereocenters. The van der Waals surface area contributed by atoms with E-state index < -0.39 is 0 Å². The Labute approximate surface area is 169 Å². The summed E-state index contributed by atoms with van der Waals surface area (Å²) < 4.78 is 0. The molecule has 3 aliphatic heterocycles. The summed E-state index contributed by atoms with van der Waals surface area (Å²) in [5, 5.41) is 3.34. The number of amides is 2. The highest BCUT2D eigenvalue weighted by molar-refractivity contribution is 5.89. The van der Waals surface area contributed by atoms with Crippen molar-refractivity contribution in [3.05, 3.63) is 0 Å². The predicted molar refractivity (Wildman–Crippen MR) is 108 cm³/mol. The molecule has 6 nitrogen and oxygen atoms in total. The lowest BCUT2D eigenvalue weighted by atomic mass is 10.0. The van der Waals surface area contributed by atoms with Gasteiger partial charge in [0, 0.05) is 38.6 Å². The minimum atomic E-state index is -0.145. The molecule has 8 heteroatoms. The lowest BCUT2D eigenvalue weighted by Gasteiger charge is -2.33. The maximum Gasteiger partial charge on any atom is 0.227 e. The van der Waals surface area contributed by atoms with E-state index in [-0.39, 0.29) is 42.5 Å². The number of likely N-dealkylation sites (tertiary alicyclic amines) is 2. The van der Waals surface area contributed by atoms with Crippen LogP contribution >= 0.6 is 24.8 Å². The van der Waals surface area contributed by atoms with Crippen LogP contribution in [0.1, 0.15) is 39.0 Å². The van der Waals surface area contributed by atoms with Crippen LogP contribution in [0.4, 0.5) is 0 Å². The third kappa shape index (κ3) is 5.24. The minimum absolute atomic E-state index is 0. The fraction of sp³-hybridized carbons (Fsp3) is 0.889. The lowest BCUT2D eigenvalue weighted by Crippen LogP contribution is -2.46. The van der Waals surface area contributed by atoms with Gasteiger partial charge in [-0.25, -0.2) is 0 Å². The van der Waals surface area contributed by atoms with Crippen LogP contribution < -0.4 is 5.32 Å². The Bertz CT molecular complexity index is 474. The summed E-state index contributed by atoms with van der Waals surface area (Å²) in [6.45, 7) is 7.75. The number of carbonyl (C=O) groups excluding carboxylic acids is 2. The Kier molecular flexibility index (Phi) is 9.65. The molecule has 0 radical (unpaired) electrons. The van der Waals surface area contributed by atoms with E-state index in [0.29, 0.717) is 25.0 Å². The molecule has 0 spiro atoms. The van der Waals surface area contributed by atoms with E-state index in [0.717, 1.165) is 45.6 Å². The number of hydrogen-bond donors (Lipinski definition) is 1. The molecule has 0 bridgehead atoms. The van der Waals surface area contributed by atoms with Gasteiger partial charge < -0.3 is 15.1 Å². The zero-order valence-electron chi connectivity index (χ0n) is 16.0. The highest BCUT2D eigenvalue weighted by atomic mass is 35.5. The molecule has 2 unspecified atom stereocenters. The Morgan fingerprint density at radius 2 is 1.92 bits per heavy atom. The molecule has 1 N–H and O–H groups in total. The molecule has 3 rings (SSSR count). The topological polar surface area (TPSA) is 55.9 Å². The number of halogens is 2. The molecule has 3 heterocycles. The van der Waals surface area contributed by atoms with Crippen LogP contribution in [0.5, 0.6) is 0 Å². The van der Waals surface area contributed by atoms with Crippen molar-refractivity contribution in [2.45, 2.75) is 51.1 Å². The number of nitrogens with one attached hydrogen (secondary N) is 1. The summed E-state index contributed by atoms with van der Waals surface area (Å²) in [6, 6.07) is 0.809. The zero-order valence-corrected chi connectivity index (χ0v) is 17.6. The van der Waals surface area contributed by atoms with E-state index in [2.05, 4.69) is 17.1 Å².